The number of rotatable bonds is 2. The van der Waals surface area contributed by atoms with Crippen LogP contribution in [-0.4, -0.2) is 23.6 Å². The molecule has 0 fully saturated rings. The van der Waals surface area contributed by atoms with Gasteiger partial charge in [-0.3, -0.25) is 19.7 Å². The summed E-state index contributed by atoms with van der Waals surface area (Å²) in [5.74, 6) is -0.846. The van der Waals surface area contributed by atoms with Crippen LogP contribution in [0.4, 0.5) is 5.69 Å². The summed E-state index contributed by atoms with van der Waals surface area (Å²) in [6, 6.07) is 3.90. The Kier molecular flexibility index (Phi) is 4.15. The molecule has 6 heteroatoms. The number of hydrogen-bond acceptors (Lipinski definition) is 4. The van der Waals surface area contributed by atoms with Crippen LogP contribution in [0.2, 0.25) is 0 Å². The van der Waals surface area contributed by atoms with Crippen molar-refractivity contribution in [3.63, 3.8) is 0 Å². The first-order valence-electron chi connectivity index (χ1n) is 6.18. The van der Waals surface area contributed by atoms with Crippen LogP contribution in [-0.2, 0) is 9.59 Å². The summed E-state index contributed by atoms with van der Waals surface area (Å²) in [6.07, 6.45) is 1.73. The second-order valence-corrected chi connectivity index (χ2v) is 5.67. The Bertz CT molecular complexity index is 611. The molecule has 106 valence electrons. The molecule has 0 bridgehead atoms. The maximum Gasteiger partial charge on any atom is 0.265 e. The minimum Gasteiger partial charge on any atom is -0.297 e. The number of amides is 2. The second-order valence-electron chi connectivity index (χ2n) is 4.59. The van der Waals surface area contributed by atoms with Gasteiger partial charge in [0.05, 0.1) is 10.6 Å². The van der Waals surface area contributed by atoms with Crippen molar-refractivity contribution in [2.24, 2.45) is 0 Å². The highest BCUT2D eigenvalue weighted by Gasteiger charge is 2.30. The van der Waals surface area contributed by atoms with Gasteiger partial charge in [0.25, 0.3) is 11.8 Å². The minimum atomic E-state index is -0.620. The molecule has 0 radical (unpaired) electrons. The first-order valence-corrected chi connectivity index (χ1v) is 6.99. The lowest BCUT2D eigenvalue weighted by Crippen LogP contribution is -2.42. The lowest BCUT2D eigenvalue weighted by atomic mass is 10.1. The lowest BCUT2D eigenvalue weighted by molar-refractivity contribution is -0.129. The topological polar surface area (TPSA) is 69.6 Å². The maximum absolute atomic E-state index is 12.3. The van der Waals surface area contributed by atoms with Crippen molar-refractivity contribution in [3.05, 3.63) is 34.2 Å². The Morgan fingerprint density at radius 3 is 2.65 bits per heavy atom. The maximum atomic E-state index is 12.3. The van der Waals surface area contributed by atoms with E-state index in [1.54, 1.807) is 18.5 Å². The lowest BCUT2D eigenvalue weighted by Gasteiger charge is -2.30. The molecule has 1 aliphatic heterocycles. The predicted molar refractivity (Wildman–Crippen MR) is 77.8 cm³/mol. The molecule has 0 saturated carbocycles. The highest BCUT2D eigenvalue weighted by Crippen LogP contribution is 2.42. The van der Waals surface area contributed by atoms with Gasteiger partial charge in [-0.05, 0) is 44.0 Å². The summed E-state index contributed by atoms with van der Waals surface area (Å²) in [7, 11) is 0. The SMILES string of the molecule is C/C=C1\Sc2cc(C)c(C)cc2N(CC(=O)NO)C1=O. The molecule has 1 aromatic carbocycles. The predicted octanol–water partition coefficient (Wildman–Crippen LogP) is 2.15. The third-order valence-corrected chi connectivity index (χ3v) is 4.41. The van der Waals surface area contributed by atoms with Crippen LogP contribution in [0.25, 0.3) is 0 Å². The molecule has 20 heavy (non-hydrogen) atoms. The van der Waals surface area contributed by atoms with Crippen LogP contribution in [0.5, 0.6) is 0 Å². The van der Waals surface area contributed by atoms with Crippen molar-refractivity contribution in [3.8, 4) is 0 Å². The largest absolute Gasteiger partial charge is 0.297 e. The molecule has 0 aliphatic carbocycles. The first kappa shape index (κ1) is 14.6. The Labute approximate surface area is 121 Å². The van der Waals surface area contributed by atoms with E-state index in [0.29, 0.717) is 10.6 Å². The molecule has 1 aliphatic rings. The number of aryl methyl sites for hydroxylation is 2. The van der Waals surface area contributed by atoms with E-state index in [2.05, 4.69) is 0 Å². The van der Waals surface area contributed by atoms with E-state index in [-0.39, 0.29) is 12.5 Å². The van der Waals surface area contributed by atoms with Crippen molar-refractivity contribution in [2.45, 2.75) is 25.7 Å². The number of carbonyl (C=O) groups is 2. The summed E-state index contributed by atoms with van der Waals surface area (Å²) < 4.78 is 0. The Morgan fingerprint density at radius 1 is 1.40 bits per heavy atom. The van der Waals surface area contributed by atoms with Crippen LogP contribution < -0.4 is 10.4 Å². The van der Waals surface area contributed by atoms with Gasteiger partial charge in [0, 0.05) is 4.90 Å². The fourth-order valence-electron chi connectivity index (χ4n) is 1.99. The average molecular weight is 292 g/mol. The number of hydrogen-bond donors (Lipinski definition) is 2. The molecule has 0 atom stereocenters. The van der Waals surface area contributed by atoms with Gasteiger partial charge in [0.2, 0.25) is 0 Å². The molecule has 2 N–H and O–H groups in total. The zero-order valence-electron chi connectivity index (χ0n) is 11.6. The van der Waals surface area contributed by atoms with Gasteiger partial charge < -0.3 is 0 Å². The summed E-state index contributed by atoms with van der Waals surface area (Å²) in [4.78, 5) is 26.6. The van der Waals surface area contributed by atoms with Crippen molar-refractivity contribution in [1.29, 1.82) is 0 Å². The number of nitrogens with one attached hydrogen (secondary N) is 1. The molecule has 2 rings (SSSR count). The zero-order valence-corrected chi connectivity index (χ0v) is 12.4. The van der Waals surface area contributed by atoms with Gasteiger partial charge in [-0.2, -0.15) is 0 Å². The van der Waals surface area contributed by atoms with Crippen LogP contribution in [0.3, 0.4) is 0 Å². The Hall–Kier alpha value is -1.79. The molecular weight excluding hydrogens is 276 g/mol. The van der Waals surface area contributed by atoms with Crippen molar-refractivity contribution in [2.75, 3.05) is 11.4 Å². The minimum absolute atomic E-state index is 0.206. The molecule has 1 aromatic rings. The van der Waals surface area contributed by atoms with Gasteiger partial charge in [-0.15, -0.1) is 0 Å². The number of fused-ring (bicyclic) bond motifs is 1. The van der Waals surface area contributed by atoms with Gasteiger partial charge in [0.1, 0.15) is 6.54 Å². The Balaban J connectivity index is 2.52. The fraction of sp³-hybridized carbons (Fsp3) is 0.286. The van der Waals surface area contributed by atoms with Gasteiger partial charge in [-0.1, -0.05) is 17.8 Å². The monoisotopic (exact) mass is 292 g/mol. The van der Waals surface area contributed by atoms with Crippen LogP contribution >= 0.6 is 11.8 Å². The molecule has 0 aromatic heterocycles. The molecule has 1 heterocycles. The Morgan fingerprint density at radius 2 is 2.05 bits per heavy atom. The third-order valence-electron chi connectivity index (χ3n) is 3.23. The molecule has 0 spiro atoms. The molecule has 0 unspecified atom stereocenters. The quantitative estimate of drug-likeness (QED) is 0.498. The highest BCUT2D eigenvalue weighted by molar-refractivity contribution is 8.04. The number of benzene rings is 1. The number of carbonyl (C=O) groups excluding carboxylic acids is 2. The normalized spacial score (nSPS) is 16.3. The molecular formula is C14H16N2O3S. The van der Waals surface area contributed by atoms with E-state index in [4.69, 9.17) is 5.21 Å². The smallest absolute Gasteiger partial charge is 0.265 e. The van der Waals surface area contributed by atoms with Crippen molar-refractivity contribution < 1.29 is 14.8 Å². The number of thioether (sulfide) groups is 1. The number of anilines is 1. The van der Waals surface area contributed by atoms with Gasteiger partial charge in [0.15, 0.2) is 0 Å². The van der Waals surface area contributed by atoms with Gasteiger partial charge >= 0.3 is 0 Å². The van der Waals surface area contributed by atoms with Crippen LogP contribution in [0.15, 0.2) is 28.0 Å². The van der Waals surface area contributed by atoms with E-state index in [0.717, 1.165) is 16.0 Å². The molecule has 5 nitrogen and oxygen atoms in total. The molecule has 2 amide bonds. The van der Waals surface area contributed by atoms with Crippen LogP contribution in [0, 0.1) is 13.8 Å². The van der Waals surface area contributed by atoms with Crippen molar-refractivity contribution in [1.82, 2.24) is 5.48 Å². The number of nitrogens with zero attached hydrogens (tertiary/aromatic N) is 1. The van der Waals surface area contributed by atoms with E-state index in [1.165, 1.54) is 16.7 Å². The summed E-state index contributed by atoms with van der Waals surface area (Å²) in [5, 5.41) is 8.66. The molecule has 0 saturated heterocycles. The standard InChI is InChI=1S/C14H16N2O3S/c1-4-11-14(18)16(7-13(17)15-19)10-5-8(2)9(3)6-12(10)20-11/h4-6,19H,7H2,1-3H3,(H,15,17)/b11-4-. The summed E-state index contributed by atoms with van der Waals surface area (Å²) in [5.41, 5.74) is 4.45. The second kappa shape index (κ2) is 5.68. The van der Waals surface area contributed by atoms with E-state index >= 15 is 0 Å². The third kappa shape index (κ3) is 2.57. The van der Waals surface area contributed by atoms with Crippen molar-refractivity contribution >= 4 is 29.3 Å². The average Bonchev–Trinajstić information content (AvgIpc) is 2.43. The number of hydroxylamine groups is 1. The van der Waals surface area contributed by atoms with E-state index < -0.39 is 5.91 Å². The first-order chi connectivity index (χ1) is 9.47. The van der Waals surface area contributed by atoms with E-state index in [1.807, 2.05) is 26.0 Å². The van der Waals surface area contributed by atoms with E-state index in [9.17, 15) is 9.59 Å². The summed E-state index contributed by atoms with van der Waals surface area (Å²) >= 11 is 1.40. The number of allylic oxidation sites excluding steroid dienone is 1. The zero-order chi connectivity index (χ0) is 14.9. The summed E-state index contributed by atoms with van der Waals surface area (Å²) in [6.45, 7) is 5.55. The fourth-order valence-corrected chi connectivity index (χ4v) is 3.05. The van der Waals surface area contributed by atoms with Gasteiger partial charge in [-0.25, -0.2) is 5.48 Å². The van der Waals surface area contributed by atoms with Crippen LogP contribution in [0.1, 0.15) is 18.1 Å². The highest BCUT2D eigenvalue weighted by atomic mass is 32.2.